The van der Waals surface area contributed by atoms with Crippen LogP contribution in [0, 0.1) is 28.6 Å². The average Bonchev–Trinajstić information content (AvgIpc) is 3.34. The van der Waals surface area contributed by atoms with Gasteiger partial charge in [0.25, 0.3) is 0 Å². The molecular weight excluding hydrogens is 550 g/mol. The summed E-state index contributed by atoms with van der Waals surface area (Å²) < 4.78 is 9.94. The highest BCUT2D eigenvalue weighted by Crippen LogP contribution is 2.70. The number of hydrogen-bond donors (Lipinski definition) is 2. The molecule has 2 N–H and O–H groups in total. The van der Waals surface area contributed by atoms with Gasteiger partial charge in [0, 0.05) is 10.8 Å². The minimum atomic E-state index is -1.92. The SMILES string of the molecule is CC1CC[C@@]23C[C@H](O)C(=O)[C@@]2(O)[C@]1(C)[C@H](OC(=O)CCl)C[C@@H](C1=CCn2c(=O)n(-c4ccccc4)c(=O)n2C1)[C@@H]3C. The number of fused-ring (bicyclic) bond motifs is 1. The molecule has 0 spiro atoms. The first-order valence-electron chi connectivity index (χ1n) is 14.3. The lowest BCUT2D eigenvalue weighted by atomic mass is 9.46. The molecule has 1 aromatic heterocycles. The summed E-state index contributed by atoms with van der Waals surface area (Å²) in [7, 11) is 0. The van der Waals surface area contributed by atoms with E-state index in [1.807, 2.05) is 26.0 Å². The number of aliphatic hydroxyl groups excluding tert-OH is 1. The van der Waals surface area contributed by atoms with Gasteiger partial charge in [-0.3, -0.25) is 9.59 Å². The number of esters is 1. The maximum Gasteiger partial charge on any atom is 0.352 e. The van der Waals surface area contributed by atoms with Crippen molar-refractivity contribution in [2.45, 2.75) is 77.4 Å². The Morgan fingerprint density at radius 3 is 2.49 bits per heavy atom. The van der Waals surface area contributed by atoms with Crippen molar-refractivity contribution in [2.24, 2.45) is 28.6 Å². The van der Waals surface area contributed by atoms with Crippen LogP contribution < -0.4 is 11.4 Å². The van der Waals surface area contributed by atoms with Crippen LogP contribution in [0.4, 0.5) is 0 Å². The number of ketones is 1. The highest BCUT2D eigenvalue weighted by atomic mass is 35.5. The molecule has 10 nitrogen and oxygen atoms in total. The monoisotopic (exact) mass is 585 g/mol. The van der Waals surface area contributed by atoms with E-state index < -0.39 is 51.8 Å². The quantitative estimate of drug-likeness (QED) is 0.319. The minimum Gasteiger partial charge on any atom is -0.461 e. The van der Waals surface area contributed by atoms with E-state index in [0.717, 1.165) is 10.1 Å². The fourth-order valence-electron chi connectivity index (χ4n) is 8.84. The number of nitrogens with zero attached hydrogens (tertiary/aromatic N) is 3. The van der Waals surface area contributed by atoms with Crippen LogP contribution in [0.15, 0.2) is 51.6 Å². The van der Waals surface area contributed by atoms with Crippen molar-refractivity contribution < 1.29 is 24.5 Å². The maximum absolute atomic E-state index is 13.7. The van der Waals surface area contributed by atoms with Crippen LogP contribution in [0.2, 0.25) is 0 Å². The van der Waals surface area contributed by atoms with Crippen LogP contribution in [-0.2, 0) is 27.4 Å². The number of ether oxygens (including phenoxy) is 1. The second-order valence-electron chi connectivity index (χ2n) is 12.6. The third-order valence-electron chi connectivity index (χ3n) is 11.2. The minimum absolute atomic E-state index is 0.112. The number of aliphatic hydroxyl groups is 2. The zero-order valence-corrected chi connectivity index (χ0v) is 24.2. The first-order valence-corrected chi connectivity index (χ1v) is 14.8. The maximum atomic E-state index is 13.7. The van der Waals surface area contributed by atoms with Crippen molar-refractivity contribution >= 4 is 23.4 Å². The van der Waals surface area contributed by atoms with E-state index in [1.54, 1.807) is 31.2 Å². The summed E-state index contributed by atoms with van der Waals surface area (Å²) in [6, 6.07) is 8.75. The molecule has 3 aliphatic carbocycles. The van der Waals surface area contributed by atoms with Crippen LogP contribution in [0.5, 0.6) is 0 Å². The van der Waals surface area contributed by atoms with E-state index >= 15 is 0 Å². The number of aromatic nitrogens is 3. The van der Waals surface area contributed by atoms with E-state index in [1.165, 1.54) is 9.36 Å². The Balaban J connectivity index is 1.47. The number of rotatable bonds is 4. The normalized spacial score (nSPS) is 38.0. The predicted octanol–water partition coefficient (Wildman–Crippen LogP) is 2.03. The van der Waals surface area contributed by atoms with Crippen LogP contribution >= 0.6 is 11.6 Å². The number of carbonyl (C=O) groups excluding carboxylic acids is 2. The number of alkyl halides is 1. The molecule has 6 rings (SSSR count). The number of benzene rings is 1. The number of allylic oxidation sites excluding steroid dienone is 2. The Morgan fingerprint density at radius 2 is 1.80 bits per heavy atom. The molecule has 8 atom stereocenters. The molecule has 3 saturated carbocycles. The molecule has 0 saturated heterocycles. The Kier molecular flexibility index (Phi) is 6.56. The summed E-state index contributed by atoms with van der Waals surface area (Å²) in [4.78, 5) is 53.1. The molecule has 1 unspecified atom stereocenters. The summed E-state index contributed by atoms with van der Waals surface area (Å²) in [5.74, 6) is -2.45. The smallest absolute Gasteiger partial charge is 0.352 e. The first-order chi connectivity index (χ1) is 19.4. The van der Waals surface area contributed by atoms with Crippen LogP contribution in [0.25, 0.3) is 5.69 Å². The molecule has 11 heteroatoms. The standard InChI is InChI=1S/C30H36ClN3O7/c1-17-9-11-29-14-22(35)25(37)30(29,40)28(17,3)23(41-24(36)15-31)13-21(18(29)2)19-10-12-32-26(38)34(27(39)33(32)16-19)20-7-5-4-6-8-20/h4-8,10,17-18,21-23,35,40H,9,11-16H2,1-3H3/t17?,18-,21+,22-,23+,28-,29-,30+/m0/s1. The van der Waals surface area contributed by atoms with E-state index in [0.29, 0.717) is 24.9 Å². The molecule has 2 aromatic rings. The average molecular weight is 586 g/mol. The summed E-state index contributed by atoms with van der Waals surface area (Å²) in [6.45, 7) is 6.06. The third-order valence-corrected chi connectivity index (χ3v) is 11.4. The van der Waals surface area contributed by atoms with E-state index in [2.05, 4.69) is 0 Å². The summed E-state index contributed by atoms with van der Waals surface area (Å²) in [6.07, 6.45) is 1.36. The molecular formula is C30H36ClN3O7. The molecule has 3 fully saturated rings. The fraction of sp³-hybridized carbons (Fsp3) is 0.600. The summed E-state index contributed by atoms with van der Waals surface area (Å²) in [5, 5.41) is 23.5. The van der Waals surface area contributed by atoms with Crippen molar-refractivity contribution in [2.75, 3.05) is 5.88 Å². The van der Waals surface area contributed by atoms with Crippen molar-refractivity contribution in [1.82, 2.24) is 13.9 Å². The van der Waals surface area contributed by atoms with Gasteiger partial charge in [-0.2, -0.15) is 0 Å². The Bertz CT molecular complexity index is 1560. The molecule has 2 heterocycles. The predicted molar refractivity (Wildman–Crippen MR) is 150 cm³/mol. The van der Waals surface area contributed by atoms with Crippen LogP contribution in [-0.4, -0.2) is 59.6 Å². The van der Waals surface area contributed by atoms with E-state index in [9.17, 15) is 29.4 Å². The lowest BCUT2D eigenvalue weighted by Crippen LogP contribution is -2.69. The third kappa shape index (κ3) is 3.56. The van der Waals surface area contributed by atoms with Gasteiger partial charge in [-0.15, -0.1) is 11.6 Å². The van der Waals surface area contributed by atoms with Crippen molar-refractivity contribution in [3.63, 3.8) is 0 Å². The lowest BCUT2D eigenvalue weighted by molar-refractivity contribution is -0.234. The number of hydrogen-bond acceptors (Lipinski definition) is 7. The van der Waals surface area contributed by atoms with Gasteiger partial charge in [0.15, 0.2) is 5.78 Å². The van der Waals surface area contributed by atoms with Gasteiger partial charge < -0.3 is 14.9 Å². The first kappa shape index (κ1) is 28.2. The molecule has 4 aliphatic rings. The largest absolute Gasteiger partial charge is 0.461 e. The summed E-state index contributed by atoms with van der Waals surface area (Å²) in [5.41, 5.74) is -3.61. The highest BCUT2D eigenvalue weighted by Gasteiger charge is 2.78. The molecule has 0 amide bonds. The summed E-state index contributed by atoms with van der Waals surface area (Å²) >= 11 is 5.85. The molecule has 1 aliphatic heterocycles. The van der Waals surface area contributed by atoms with Gasteiger partial charge in [0.1, 0.15) is 23.7 Å². The number of Topliss-reactive ketones (excluding diaryl/α,β-unsaturated/α-hetero) is 1. The van der Waals surface area contributed by atoms with Crippen molar-refractivity contribution in [3.8, 4) is 5.69 Å². The molecule has 2 bridgehead atoms. The van der Waals surface area contributed by atoms with Gasteiger partial charge in [0.2, 0.25) is 0 Å². The van der Waals surface area contributed by atoms with Crippen molar-refractivity contribution in [1.29, 1.82) is 0 Å². The molecule has 41 heavy (non-hydrogen) atoms. The zero-order chi connectivity index (χ0) is 29.5. The Labute approximate surface area is 242 Å². The number of halogens is 1. The lowest BCUT2D eigenvalue weighted by Gasteiger charge is -2.60. The Morgan fingerprint density at radius 1 is 1.12 bits per heavy atom. The van der Waals surface area contributed by atoms with Gasteiger partial charge >= 0.3 is 17.3 Å². The topological polar surface area (TPSA) is 133 Å². The van der Waals surface area contributed by atoms with Gasteiger partial charge in [-0.05, 0) is 61.1 Å². The number of para-hydroxylation sites is 1. The molecule has 220 valence electrons. The van der Waals surface area contributed by atoms with Crippen molar-refractivity contribution in [3.05, 3.63) is 62.9 Å². The number of carbonyl (C=O) groups is 2. The highest BCUT2D eigenvalue weighted by molar-refractivity contribution is 6.26. The second kappa shape index (κ2) is 9.54. The molecule has 0 radical (unpaired) electrons. The molecule has 1 aromatic carbocycles. The zero-order valence-electron chi connectivity index (χ0n) is 23.5. The second-order valence-corrected chi connectivity index (χ2v) is 12.8. The van der Waals surface area contributed by atoms with Gasteiger partial charge in [0.05, 0.1) is 18.8 Å². The van der Waals surface area contributed by atoms with E-state index in [-0.39, 0.29) is 43.1 Å². The fourth-order valence-corrected chi connectivity index (χ4v) is 8.90. The van der Waals surface area contributed by atoms with Crippen LogP contribution in [0.3, 0.4) is 0 Å². The Hall–Kier alpha value is -2.95. The van der Waals surface area contributed by atoms with Gasteiger partial charge in [-0.25, -0.2) is 23.5 Å². The van der Waals surface area contributed by atoms with E-state index in [4.69, 9.17) is 16.3 Å². The van der Waals surface area contributed by atoms with Gasteiger partial charge in [-0.1, -0.05) is 45.0 Å². The van der Waals surface area contributed by atoms with Crippen LogP contribution in [0.1, 0.15) is 46.5 Å².